The lowest BCUT2D eigenvalue weighted by Gasteiger charge is -2.25. The Morgan fingerprint density at radius 1 is 1.19 bits per heavy atom. The normalized spacial score (nSPS) is 13.7. The lowest BCUT2D eigenvalue weighted by Crippen LogP contribution is -2.48. The van der Waals surface area contributed by atoms with Crippen molar-refractivity contribution in [2.45, 2.75) is 81.1 Å². The number of unbranched alkanes of at least 4 members (excludes halogenated alkanes) is 1. The molecule has 0 saturated carbocycles. The van der Waals surface area contributed by atoms with E-state index in [4.69, 9.17) is 10.5 Å². The molecule has 1 aromatic heterocycles. The van der Waals surface area contributed by atoms with Gasteiger partial charge in [-0.1, -0.05) is 78.8 Å². The molecule has 1 amide bonds. The number of amides is 1. The Hall–Kier alpha value is -3.37. The average molecular weight is 605 g/mol. The predicted molar refractivity (Wildman–Crippen MR) is 183 cm³/mol. The molecule has 2 heterocycles. The number of piperazine rings is 1. The van der Waals surface area contributed by atoms with E-state index in [0.29, 0.717) is 49.1 Å². The highest BCUT2D eigenvalue weighted by Crippen LogP contribution is 2.19. The zero-order chi connectivity index (χ0) is 32.3. The van der Waals surface area contributed by atoms with Crippen LogP contribution in [0.2, 0.25) is 0 Å². The fourth-order valence-corrected chi connectivity index (χ4v) is 3.96. The maximum Gasteiger partial charge on any atom is 0.271 e. The summed E-state index contributed by atoms with van der Waals surface area (Å²) in [5.74, 6) is 1.56. The number of H-pyrrole nitrogens is 1. The van der Waals surface area contributed by atoms with E-state index in [1.54, 1.807) is 13.0 Å². The number of anilines is 1. The molecule has 238 valence electrons. The molecule has 10 heteroatoms. The van der Waals surface area contributed by atoms with Gasteiger partial charge in [0.25, 0.3) is 5.56 Å². The Morgan fingerprint density at radius 3 is 2.38 bits per heavy atom. The number of amidine groups is 1. The highest BCUT2D eigenvalue weighted by atomic mass is 32.1. The second kappa shape index (κ2) is 26.5. The van der Waals surface area contributed by atoms with Gasteiger partial charge in [-0.3, -0.25) is 23.9 Å². The van der Waals surface area contributed by atoms with E-state index in [1.165, 1.54) is 19.3 Å². The van der Waals surface area contributed by atoms with Gasteiger partial charge in [0, 0.05) is 31.8 Å². The number of aromatic nitrogens is 1. The molecule has 9 nitrogen and oxygen atoms in total. The minimum atomic E-state index is -0.311. The molecule has 0 atom stereocenters. The number of carbonyl (C=O) groups excluding carboxylic acids is 1. The summed E-state index contributed by atoms with van der Waals surface area (Å²) in [6.45, 7) is 26.6. The Kier molecular flexibility index (Phi) is 25.7. The molecule has 1 aliphatic rings. The number of ether oxygens (including phenoxy) is 1. The lowest BCUT2D eigenvalue weighted by atomic mass is 10.2. The molecule has 5 N–H and O–H groups in total. The van der Waals surface area contributed by atoms with Crippen molar-refractivity contribution in [1.29, 1.82) is 0 Å². The van der Waals surface area contributed by atoms with Gasteiger partial charge >= 0.3 is 0 Å². The highest BCUT2D eigenvalue weighted by molar-refractivity contribution is 7.10. The zero-order valence-electron chi connectivity index (χ0n) is 27.3. The largest absolute Gasteiger partial charge is 0.467 e. The molecule has 0 aliphatic carbocycles. The first kappa shape index (κ1) is 40.8. The van der Waals surface area contributed by atoms with Crippen molar-refractivity contribution in [2.75, 3.05) is 38.0 Å². The fourth-order valence-electron chi connectivity index (χ4n) is 3.18. The van der Waals surface area contributed by atoms with E-state index in [2.05, 4.69) is 73.0 Å². The quantitative estimate of drug-likeness (QED) is 0.0653. The molecular weight excluding hydrogens is 548 g/mol. The van der Waals surface area contributed by atoms with Crippen LogP contribution in [0.1, 0.15) is 86.6 Å². The Labute approximate surface area is 258 Å². The van der Waals surface area contributed by atoms with Gasteiger partial charge in [-0.25, -0.2) is 0 Å². The summed E-state index contributed by atoms with van der Waals surface area (Å²) in [6.07, 6.45) is 14.2. The Bertz CT molecular complexity index is 1080. The second-order valence-electron chi connectivity index (χ2n) is 9.01. The van der Waals surface area contributed by atoms with Crippen molar-refractivity contribution < 1.29 is 9.53 Å². The number of rotatable bonds is 13. The first-order valence-corrected chi connectivity index (χ1v) is 15.7. The maximum atomic E-state index is 12.2. The molecule has 0 spiro atoms. The van der Waals surface area contributed by atoms with Crippen LogP contribution in [0.25, 0.3) is 0 Å². The standard InChI is InChI=1S/C21H30N6O3S.C6H12.C3H8.C2H6/c1-5-16(30-14(2)3)8-6-7-15(4)25-21-18(20(29)26-31-21)19(22)24-10-12-27-11-9-23-17(28)13-27;1-3-5-6-4-2;1-3-2;1-2/h5-7,25H,2,4,8-13H2,1,3H3,(H2,22,24)(H,23,28)(H,26,29);3,5H,4,6H2,1-2H3;3H2,1-2H3;1-2H3/b7-6-,16-5+;5-3-;;. The van der Waals surface area contributed by atoms with E-state index >= 15 is 0 Å². The van der Waals surface area contributed by atoms with Crippen molar-refractivity contribution >= 4 is 28.3 Å². The van der Waals surface area contributed by atoms with Crippen LogP contribution < -0.4 is 21.9 Å². The minimum Gasteiger partial charge on any atom is -0.467 e. The van der Waals surface area contributed by atoms with Crippen LogP contribution in [-0.4, -0.2) is 53.7 Å². The van der Waals surface area contributed by atoms with Crippen molar-refractivity contribution in [2.24, 2.45) is 10.7 Å². The summed E-state index contributed by atoms with van der Waals surface area (Å²) in [6, 6.07) is 0. The Morgan fingerprint density at radius 2 is 1.86 bits per heavy atom. The molecule has 1 aliphatic heterocycles. The predicted octanol–water partition coefficient (Wildman–Crippen LogP) is 6.70. The number of aromatic amines is 1. The van der Waals surface area contributed by atoms with Crippen LogP contribution in [0.5, 0.6) is 0 Å². The summed E-state index contributed by atoms with van der Waals surface area (Å²) in [5.41, 5.74) is 6.65. The summed E-state index contributed by atoms with van der Waals surface area (Å²) < 4.78 is 8.17. The number of aliphatic imine (C=N–C) groups is 1. The molecule has 0 unspecified atom stereocenters. The van der Waals surface area contributed by atoms with Gasteiger partial charge in [0.1, 0.15) is 22.2 Å². The lowest BCUT2D eigenvalue weighted by molar-refractivity contribution is -0.124. The van der Waals surface area contributed by atoms with E-state index < -0.39 is 0 Å². The van der Waals surface area contributed by atoms with Gasteiger partial charge in [0.2, 0.25) is 5.91 Å². The zero-order valence-corrected chi connectivity index (χ0v) is 28.1. The van der Waals surface area contributed by atoms with Gasteiger partial charge in [0.15, 0.2) is 0 Å². The highest BCUT2D eigenvalue weighted by Gasteiger charge is 2.17. The molecule has 42 heavy (non-hydrogen) atoms. The van der Waals surface area contributed by atoms with Gasteiger partial charge in [-0.05, 0) is 50.9 Å². The van der Waals surface area contributed by atoms with Gasteiger partial charge in [-0.2, -0.15) is 0 Å². The minimum absolute atomic E-state index is 0.00303. The topological polar surface area (TPSA) is 125 Å². The van der Waals surface area contributed by atoms with Crippen LogP contribution in [0.15, 0.2) is 70.5 Å². The summed E-state index contributed by atoms with van der Waals surface area (Å²) >= 11 is 1.13. The maximum absolute atomic E-state index is 12.2. The molecule has 1 aromatic rings. The van der Waals surface area contributed by atoms with E-state index in [0.717, 1.165) is 23.8 Å². The van der Waals surface area contributed by atoms with Crippen LogP contribution in [0.3, 0.4) is 0 Å². The molecule has 1 fully saturated rings. The average Bonchev–Trinajstić information content (AvgIpc) is 3.32. The van der Waals surface area contributed by atoms with Crippen LogP contribution in [0.4, 0.5) is 5.00 Å². The smallest absolute Gasteiger partial charge is 0.271 e. The third-order valence-corrected chi connectivity index (χ3v) is 5.80. The number of carbonyl (C=O) groups is 1. The van der Waals surface area contributed by atoms with Crippen LogP contribution >= 0.6 is 11.5 Å². The number of nitrogens with one attached hydrogen (secondary N) is 3. The van der Waals surface area contributed by atoms with Crippen molar-refractivity contribution in [1.82, 2.24) is 14.6 Å². The third-order valence-electron chi connectivity index (χ3n) is 5.00. The van der Waals surface area contributed by atoms with Crippen molar-refractivity contribution in [3.63, 3.8) is 0 Å². The first-order chi connectivity index (χ1) is 20.1. The number of nitrogens with zero attached hydrogens (tertiary/aromatic N) is 2. The first-order valence-electron chi connectivity index (χ1n) is 14.9. The van der Waals surface area contributed by atoms with Crippen LogP contribution in [0, 0.1) is 0 Å². The van der Waals surface area contributed by atoms with Crippen molar-refractivity contribution in [3.05, 3.63) is 76.7 Å². The van der Waals surface area contributed by atoms with E-state index in [9.17, 15) is 9.59 Å². The number of nitrogens with two attached hydrogens (primary N) is 1. The van der Waals surface area contributed by atoms with Crippen molar-refractivity contribution in [3.8, 4) is 0 Å². The molecule has 0 radical (unpaired) electrons. The van der Waals surface area contributed by atoms with Gasteiger partial charge < -0.3 is 21.1 Å². The van der Waals surface area contributed by atoms with Gasteiger partial charge in [-0.15, -0.1) is 0 Å². The number of allylic oxidation sites excluding steroid dienone is 6. The number of hydrogen-bond acceptors (Lipinski definition) is 7. The van der Waals surface area contributed by atoms with Gasteiger partial charge in [0.05, 0.1) is 18.8 Å². The fraction of sp³-hybridized carbons (Fsp3) is 0.531. The summed E-state index contributed by atoms with van der Waals surface area (Å²) in [5, 5.41) is 6.42. The molecule has 2 rings (SSSR count). The Balaban J connectivity index is 0. The molecule has 0 bridgehead atoms. The molecule has 0 aromatic carbocycles. The van der Waals surface area contributed by atoms with Crippen LogP contribution in [-0.2, 0) is 9.53 Å². The summed E-state index contributed by atoms with van der Waals surface area (Å²) in [4.78, 5) is 30.0. The molecule has 1 saturated heterocycles. The SMILES string of the molecule is C/C=C\CCC.C=C(/C=C\C/C(=C\C)OC(=C)C)Nc1s[nH]c(=O)c1C(N)=NCCN1CCNC(=O)C1.CC.CCC. The monoisotopic (exact) mass is 604 g/mol. The summed E-state index contributed by atoms with van der Waals surface area (Å²) in [7, 11) is 0. The number of hydrogen-bond donors (Lipinski definition) is 4. The third kappa shape index (κ3) is 19.7. The molecular formula is C32H56N6O3S. The second-order valence-corrected chi connectivity index (χ2v) is 9.83. The van der Waals surface area contributed by atoms with E-state index in [-0.39, 0.29) is 22.9 Å². The van der Waals surface area contributed by atoms with E-state index in [1.807, 2.05) is 37.8 Å².